The van der Waals surface area contributed by atoms with Crippen molar-refractivity contribution in [2.75, 3.05) is 13.6 Å². The van der Waals surface area contributed by atoms with E-state index in [2.05, 4.69) is 5.32 Å². The molecule has 0 spiro atoms. The van der Waals surface area contributed by atoms with Crippen molar-refractivity contribution >= 4 is 12.0 Å². The number of amides is 2. The third-order valence-electron chi connectivity index (χ3n) is 3.09. The second-order valence-electron chi connectivity index (χ2n) is 4.86. The summed E-state index contributed by atoms with van der Waals surface area (Å²) < 4.78 is 37.4. The number of aliphatic carboxylic acids is 1. The molecule has 122 valence electrons. The van der Waals surface area contributed by atoms with Crippen LogP contribution in [0.25, 0.3) is 0 Å². The quantitative estimate of drug-likeness (QED) is 0.877. The monoisotopic (exact) mass is 318 g/mol. The number of halogens is 3. The molecule has 0 aliphatic rings. The van der Waals surface area contributed by atoms with Gasteiger partial charge in [-0.3, -0.25) is 4.79 Å². The van der Waals surface area contributed by atoms with Gasteiger partial charge in [-0.25, -0.2) is 4.79 Å². The third kappa shape index (κ3) is 5.27. The molecule has 1 aromatic rings. The van der Waals surface area contributed by atoms with Crippen LogP contribution in [0, 0.1) is 0 Å². The number of nitrogens with one attached hydrogen (secondary N) is 1. The molecule has 22 heavy (non-hydrogen) atoms. The zero-order valence-electron chi connectivity index (χ0n) is 12.1. The van der Waals surface area contributed by atoms with Crippen molar-refractivity contribution in [3.63, 3.8) is 0 Å². The lowest BCUT2D eigenvalue weighted by Crippen LogP contribution is -2.39. The summed E-state index contributed by atoms with van der Waals surface area (Å²) in [7, 11) is 1.44. The summed E-state index contributed by atoms with van der Waals surface area (Å²) in [6.07, 6.45) is -4.58. The second-order valence-corrected chi connectivity index (χ2v) is 4.86. The van der Waals surface area contributed by atoms with E-state index in [0.29, 0.717) is 5.56 Å². The molecule has 2 N–H and O–H groups in total. The summed E-state index contributed by atoms with van der Waals surface area (Å²) in [5, 5.41) is 11.1. The second kappa shape index (κ2) is 7.15. The molecule has 5 nitrogen and oxygen atoms in total. The Kier molecular flexibility index (Phi) is 5.78. The minimum atomic E-state index is -4.40. The summed E-state index contributed by atoms with van der Waals surface area (Å²) in [5.74, 6) is -1.02. The summed E-state index contributed by atoms with van der Waals surface area (Å²) in [6, 6.07) is 3.50. The van der Waals surface area contributed by atoms with Crippen molar-refractivity contribution in [3.05, 3.63) is 35.4 Å². The molecular formula is C14H17F3N2O3. The summed E-state index contributed by atoms with van der Waals surface area (Å²) in [5.41, 5.74) is -0.235. The van der Waals surface area contributed by atoms with Gasteiger partial charge in [-0.15, -0.1) is 0 Å². The first kappa shape index (κ1) is 17.8. The topological polar surface area (TPSA) is 69.6 Å². The zero-order valence-corrected chi connectivity index (χ0v) is 12.1. The van der Waals surface area contributed by atoms with Gasteiger partial charge in [0.25, 0.3) is 0 Å². The Hall–Kier alpha value is -2.25. The van der Waals surface area contributed by atoms with Crippen LogP contribution in [0.2, 0.25) is 0 Å². The molecule has 1 atom stereocenters. The van der Waals surface area contributed by atoms with E-state index in [1.54, 1.807) is 6.92 Å². The van der Waals surface area contributed by atoms with Crippen LogP contribution in [-0.4, -0.2) is 35.6 Å². The van der Waals surface area contributed by atoms with Gasteiger partial charge in [-0.2, -0.15) is 13.2 Å². The Morgan fingerprint density at radius 2 is 1.82 bits per heavy atom. The number of carbonyl (C=O) groups is 2. The highest BCUT2D eigenvalue weighted by molar-refractivity contribution is 5.75. The molecule has 1 rings (SSSR count). The number of nitrogens with zero attached hydrogens (tertiary/aromatic N) is 1. The lowest BCUT2D eigenvalue weighted by Gasteiger charge is -2.21. The average Bonchev–Trinajstić information content (AvgIpc) is 2.43. The van der Waals surface area contributed by atoms with Gasteiger partial charge < -0.3 is 15.3 Å². The van der Waals surface area contributed by atoms with Crippen molar-refractivity contribution in [2.24, 2.45) is 0 Å². The van der Waals surface area contributed by atoms with Gasteiger partial charge in [0.2, 0.25) is 0 Å². The molecule has 0 heterocycles. The maximum Gasteiger partial charge on any atom is 0.416 e. The SMILES string of the molecule is C[C@H](NC(=O)N(C)CCC(=O)O)c1ccc(C(F)(F)F)cc1. The Morgan fingerprint density at radius 3 is 2.27 bits per heavy atom. The maximum absolute atomic E-state index is 12.5. The highest BCUT2D eigenvalue weighted by Crippen LogP contribution is 2.29. The third-order valence-corrected chi connectivity index (χ3v) is 3.09. The highest BCUT2D eigenvalue weighted by atomic mass is 19.4. The predicted octanol–water partition coefficient (Wildman–Crippen LogP) is 2.88. The fourth-order valence-electron chi connectivity index (χ4n) is 1.70. The molecule has 0 saturated heterocycles. The number of hydrogen-bond donors (Lipinski definition) is 2. The van der Waals surface area contributed by atoms with E-state index in [-0.39, 0.29) is 13.0 Å². The van der Waals surface area contributed by atoms with Gasteiger partial charge in [0.15, 0.2) is 0 Å². The highest BCUT2D eigenvalue weighted by Gasteiger charge is 2.30. The standard InChI is InChI=1S/C14H17F3N2O3/c1-9(18-13(22)19(2)8-7-12(20)21)10-3-5-11(6-4-10)14(15,16)17/h3-6,9H,7-8H2,1-2H3,(H,18,22)(H,20,21)/t9-/m0/s1. The van der Waals surface area contributed by atoms with Crippen LogP contribution in [-0.2, 0) is 11.0 Å². The largest absolute Gasteiger partial charge is 0.481 e. The first-order valence-corrected chi connectivity index (χ1v) is 6.52. The Bertz CT molecular complexity index is 529. The van der Waals surface area contributed by atoms with Gasteiger partial charge in [-0.1, -0.05) is 12.1 Å². The van der Waals surface area contributed by atoms with E-state index in [1.165, 1.54) is 24.1 Å². The minimum Gasteiger partial charge on any atom is -0.481 e. The molecule has 8 heteroatoms. The number of benzene rings is 1. The van der Waals surface area contributed by atoms with Crippen LogP contribution >= 0.6 is 0 Å². The van der Waals surface area contributed by atoms with Crippen molar-refractivity contribution < 1.29 is 27.9 Å². The van der Waals surface area contributed by atoms with Crippen LogP contribution in [0.5, 0.6) is 0 Å². The maximum atomic E-state index is 12.5. The fourth-order valence-corrected chi connectivity index (χ4v) is 1.70. The number of rotatable bonds is 5. The van der Waals surface area contributed by atoms with Crippen LogP contribution in [0.15, 0.2) is 24.3 Å². The van der Waals surface area contributed by atoms with Crippen molar-refractivity contribution in [3.8, 4) is 0 Å². The molecule has 0 aromatic heterocycles. The molecule has 0 fully saturated rings. The molecule has 1 aromatic carbocycles. The first-order chi connectivity index (χ1) is 10.1. The van der Waals surface area contributed by atoms with Gasteiger partial charge in [0.05, 0.1) is 18.0 Å². The lowest BCUT2D eigenvalue weighted by atomic mass is 10.1. The van der Waals surface area contributed by atoms with E-state index in [1.807, 2.05) is 0 Å². The van der Waals surface area contributed by atoms with Gasteiger partial charge in [0.1, 0.15) is 0 Å². The van der Waals surface area contributed by atoms with E-state index in [4.69, 9.17) is 5.11 Å². The van der Waals surface area contributed by atoms with Gasteiger partial charge >= 0.3 is 18.2 Å². The molecule has 0 saturated carbocycles. The first-order valence-electron chi connectivity index (χ1n) is 6.52. The van der Waals surface area contributed by atoms with Gasteiger partial charge in [-0.05, 0) is 24.6 Å². The van der Waals surface area contributed by atoms with E-state index >= 15 is 0 Å². The zero-order chi connectivity index (χ0) is 16.9. The number of hydrogen-bond acceptors (Lipinski definition) is 2. The molecule has 0 unspecified atom stereocenters. The van der Waals surface area contributed by atoms with E-state index in [9.17, 15) is 22.8 Å². The minimum absolute atomic E-state index is 0.0426. The van der Waals surface area contributed by atoms with Crippen molar-refractivity contribution in [1.82, 2.24) is 10.2 Å². The lowest BCUT2D eigenvalue weighted by molar-refractivity contribution is -0.138. The Morgan fingerprint density at radius 1 is 1.27 bits per heavy atom. The smallest absolute Gasteiger partial charge is 0.416 e. The number of alkyl halides is 3. The molecule has 0 bridgehead atoms. The van der Waals surface area contributed by atoms with Crippen molar-refractivity contribution in [2.45, 2.75) is 25.6 Å². The van der Waals surface area contributed by atoms with E-state index < -0.39 is 29.8 Å². The average molecular weight is 318 g/mol. The predicted molar refractivity (Wildman–Crippen MR) is 73.3 cm³/mol. The van der Waals surface area contributed by atoms with E-state index in [0.717, 1.165) is 12.1 Å². The van der Waals surface area contributed by atoms with Crippen LogP contribution < -0.4 is 5.32 Å². The Balaban J connectivity index is 2.63. The number of carbonyl (C=O) groups excluding carboxylic acids is 1. The summed E-state index contributed by atoms with van der Waals surface area (Å²) >= 11 is 0. The van der Waals surface area contributed by atoms with Crippen LogP contribution in [0.3, 0.4) is 0 Å². The Labute approximate surface area is 125 Å². The number of urea groups is 1. The fraction of sp³-hybridized carbons (Fsp3) is 0.429. The number of carboxylic acid groups (broad SMARTS) is 1. The molecule has 0 radical (unpaired) electrons. The van der Waals surface area contributed by atoms with Crippen molar-refractivity contribution in [1.29, 1.82) is 0 Å². The molecular weight excluding hydrogens is 301 g/mol. The van der Waals surface area contributed by atoms with Crippen LogP contribution in [0.4, 0.5) is 18.0 Å². The summed E-state index contributed by atoms with van der Waals surface area (Å²) in [4.78, 5) is 23.4. The van der Waals surface area contributed by atoms with Crippen LogP contribution in [0.1, 0.15) is 30.5 Å². The molecule has 0 aliphatic heterocycles. The normalized spacial score (nSPS) is 12.6. The molecule has 2 amide bonds. The molecule has 0 aliphatic carbocycles. The van der Waals surface area contributed by atoms with Gasteiger partial charge in [0, 0.05) is 13.6 Å². The number of carboxylic acids is 1. The summed E-state index contributed by atoms with van der Waals surface area (Å²) in [6.45, 7) is 1.67.